The summed E-state index contributed by atoms with van der Waals surface area (Å²) in [4.78, 5) is 2.29. The topological polar surface area (TPSA) is 18.8 Å². The van der Waals surface area contributed by atoms with Crippen LogP contribution in [0.5, 0.6) is 0 Å². The molecule has 0 spiro atoms. The quantitative estimate of drug-likeness (QED) is 0.726. The van der Waals surface area contributed by atoms with Crippen molar-refractivity contribution in [3.05, 3.63) is 70.2 Å². The third-order valence-electron chi connectivity index (χ3n) is 4.29. The van der Waals surface area contributed by atoms with Gasteiger partial charge < -0.3 is 0 Å². The van der Waals surface area contributed by atoms with Gasteiger partial charge in [0.2, 0.25) is 0 Å². The maximum Gasteiger partial charge on any atom is 0.417 e. The van der Waals surface area contributed by atoms with E-state index in [-0.39, 0.29) is 5.56 Å². The number of halogens is 4. The second kappa shape index (κ2) is 8.10. The molecule has 1 saturated heterocycles. The van der Waals surface area contributed by atoms with Gasteiger partial charge >= 0.3 is 6.18 Å². The molecule has 0 bridgehead atoms. The summed E-state index contributed by atoms with van der Waals surface area (Å²) in [7, 11) is 0. The summed E-state index contributed by atoms with van der Waals surface area (Å²) in [6, 6.07) is 13.2. The summed E-state index contributed by atoms with van der Waals surface area (Å²) in [5, 5.41) is 6.77. The van der Waals surface area contributed by atoms with Gasteiger partial charge in [-0.05, 0) is 23.8 Å². The zero-order valence-electron chi connectivity index (χ0n) is 14.1. The Morgan fingerprint density at radius 2 is 1.62 bits per heavy atom. The van der Waals surface area contributed by atoms with Gasteiger partial charge in [-0.2, -0.15) is 18.3 Å². The monoisotopic (exact) mass is 381 g/mol. The highest BCUT2D eigenvalue weighted by Crippen LogP contribution is 2.31. The lowest BCUT2D eigenvalue weighted by molar-refractivity contribution is -0.137. The van der Waals surface area contributed by atoms with Gasteiger partial charge in [-0.25, -0.2) is 0 Å². The van der Waals surface area contributed by atoms with Crippen LogP contribution in [0, 0.1) is 0 Å². The van der Waals surface area contributed by atoms with Crippen LogP contribution in [0.2, 0.25) is 5.02 Å². The van der Waals surface area contributed by atoms with Crippen LogP contribution in [0.15, 0.2) is 53.6 Å². The molecule has 1 aliphatic heterocycles. The van der Waals surface area contributed by atoms with E-state index in [0.717, 1.165) is 25.7 Å². The fourth-order valence-corrected chi connectivity index (χ4v) is 3.00. The van der Waals surface area contributed by atoms with Crippen LogP contribution in [0.1, 0.15) is 16.7 Å². The van der Waals surface area contributed by atoms with Crippen LogP contribution in [-0.4, -0.2) is 42.3 Å². The number of alkyl halides is 3. The molecule has 2 aromatic rings. The average Bonchev–Trinajstić information content (AvgIpc) is 2.62. The van der Waals surface area contributed by atoms with Crippen molar-refractivity contribution >= 4 is 17.8 Å². The molecule has 0 radical (unpaired) electrons. The van der Waals surface area contributed by atoms with Gasteiger partial charge in [0.15, 0.2) is 0 Å². The van der Waals surface area contributed by atoms with Crippen molar-refractivity contribution in [2.75, 3.05) is 26.2 Å². The fourth-order valence-electron chi connectivity index (χ4n) is 2.87. The minimum atomic E-state index is -4.38. The second-order valence-corrected chi connectivity index (χ2v) is 6.62. The van der Waals surface area contributed by atoms with E-state index in [1.165, 1.54) is 23.9 Å². The van der Waals surface area contributed by atoms with Crippen molar-refractivity contribution in [1.29, 1.82) is 0 Å². The second-order valence-electron chi connectivity index (χ2n) is 6.19. The third-order valence-corrected chi connectivity index (χ3v) is 4.55. The molecule has 0 amide bonds. The Bertz CT molecular complexity index is 751. The lowest BCUT2D eigenvalue weighted by Crippen LogP contribution is -2.43. The van der Waals surface area contributed by atoms with E-state index in [1.807, 2.05) is 29.3 Å². The van der Waals surface area contributed by atoms with Crippen LogP contribution in [0.3, 0.4) is 0 Å². The molecule has 1 fully saturated rings. The zero-order chi connectivity index (χ0) is 18.6. The molecule has 2 aromatic carbocycles. The standard InChI is InChI=1S/C19H19ClF3N3/c20-17-7-5-15(6-8-17)14-25-9-11-26(12-10-25)24-13-16-3-1-2-4-18(16)19(21,22)23/h1-8,13H,9-12,14H2/b24-13-. The number of hydrogen-bond donors (Lipinski definition) is 0. The molecule has 1 aliphatic rings. The maximum absolute atomic E-state index is 13.0. The van der Waals surface area contributed by atoms with Crippen LogP contribution in [0.25, 0.3) is 0 Å². The highest BCUT2D eigenvalue weighted by atomic mass is 35.5. The summed E-state index contributed by atoms with van der Waals surface area (Å²) >= 11 is 5.89. The molecule has 3 rings (SSSR count). The molecule has 7 heteroatoms. The van der Waals surface area contributed by atoms with Crippen molar-refractivity contribution in [3.8, 4) is 0 Å². The van der Waals surface area contributed by atoms with Gasteiger partial charge in [-0.3, -0.25) is 9.91 Å². The highest BCUT2D eigenvalue weighted by molar-refractivity contribution is 6.30. The summed E-state index contributed by atoms with van der Waals surface area (Å²) in [6.07, 6.45) is -3.07. The molecule has 26 heavy (non-hydrogen) atoms. The minimum Gasteiger partial charge on any atom is -0.295 e. The van der Waals surface area contributed by atoms with E-state index in [1.54, 1.807) is 6.07 Å². The van der Waals surface area contributed by atoms with Crippen molar-refractivity contribution in [3.63, 3.8) is 0 Å². The first-order valence-corrected chi connectivity index (χ1v) is 8.71. The Balaban J connectivity index is 1.56. The Hall–Kier alpha value is -2.05. The number of rotatable bonds is 4. The molecule has 0 atom stereocenters. The number of hydrazone groups is 1. The van der Waals surface area contributed by atoms with E-state index in [9.17, 15) is 13.2 Å². The SMILES string of the molecule is FC(F)(F)c1ccccc1/C=N\N1CCN(Cc2ccc(Cl)cc2)CC1. The molecule has 0 N–H and O–H groups in total. The molecule has 0 saturated carbocycles. The Kier molecular flexibility index (Phi) is 5.84. The molecule has 1 heterocycles. The van der Waals surface area contributed by atoms with Crippen LogP contribution in [0.4, 0.5) is 13.2 Å². The maximum atomic E-state index is 13.0. The lowest BCUT2D eigenvalue weighted by Gasteiger charge is -2.33. The Labute approximate surface area is 155 Å². The normalized spacial score (nSPS) is 16.4. The Morgan fingerprint density at radius 1 is 0.962 bits per heavy atom. The highest BCUT2D eigenvalue weighted by Gasteiger charge is 2.32. The smallest absolute Gasteiger partial charge is 0.295 e. The molecular weight excluding hydrogens is 363 g/mol. The Morgan fingerprint density at radius 3 is 2.27 bits per heavy atom. The van der Waals surface area contributed by atoms with E-state index in [0.29, 0.717) is 18.1 Å². The number of hydrogen-bond acceptors (Lipinski definition) is 3. The first-order valence-electron chi connectivity index (χ1n) is 8.34. The molecule has 3 nitrogen and oxygen atoms in total. The van der Waals surface area contributed by atoms with E-state index in [4.69, 9.17) is 11.6 Å². The van der Waals surface area contributed by atoms with E-state index < -0.39 is 11.7 Å². The molecule has 138 valence electrons. The van der Waals surface area contributed by atoms with Crippen LogP contribution >= 0.6 is 11.6 Å². The fraction of sp³-hybridized carbons (Fsp3) is 0.316. The molecule has 0 aromatic heterocycles. The largest absolute Gasteiger partial charge is 0.417 e. The predicted molar refractivity (Wildman–Crippen MR) is 97.3 cm³/mol. The van der Waals surface area contributed by atoms with Crippen LogP contribution < -0.4 is 0 Å². The van der Waals surface area contributed by atoms with Gasteiger partial charge in [-0.1, -0.05) is 41.9 Å². The first kappa shape index (κ1) is 18.7. The number of benzene rings is 2. The van der Waals surface area contributed by atoms with Crippen molar-refractivity contribution in [2.45, 2.75) is 12.7 Å². The zero-order valence-corrected chi connectivity index (χ0v) is 14.8. The van der Waals surface area contributed by atoms with Crippen molar-refractivity contribution in [2.24, 2.45) is 5.10 Å². The summed E-state index contributed by atoms with van der Waals surface area (Å²) in [5.41, 5.74) is 0.610. The third kappa shape index (κ3) is 4.99. The van der Waals surface area contributed by atoms with Crippen LogP contribution in [-0.2, 0) is 12.7 Å². The lowest BCUT2D eigenvalue weighted by atomic mass is 10.1. The van der Waals surface area contributed by atoms with Crippen molar-refractivity contribution < 1.29 is 13.2 Å². The van der Waals surface area contributed by atoms with Gasteiger partial charge in [-0.15, -0.1) is 0 Å². The molecule has 0 unspecified atom stereocenters. The number of piperazine rings is 1. The minimum absolute atomic E-state index is 0.0867. The van der Waals surface area contributed by atoms with Gasteiger partial charge in [0.05, 0.1) is 11.8 Å². The summed E-state index contributed by atoms with van der Waals surface area (Å²) in [5.74, 6) is 0. The van der Waals surface area contributed by atoms with E-state index >= 15 is 0 Å². The van der Waals surface area contributed by atoms with Gasteiger partial charge in [0, 0.05) is 43.3 Å². The van der Waals surface area contributed by atoms with Crippen molar-refractivity contribution in [1.82, 2.24) is 9.91 Å². The molecular formula is C19H19ClF3N3. The van der Waals surface area contributed by atoms with Gasteiger partial charge in [0.1, 0.15) is 0 Å². The molecule has 0 aliphatic carbocycles. The summed E-state index contributed by atoms with van der Waals surface area (Å²) < 4.78 is 39.0. The van der Waals surface area contributed by atoms with E-state index in [2.05, 4.69) is 10.0 Å². The summed E-state index contributed by atoms with van der Waals surface area (Å²) in [6.45, 7) is 3.80. The average molecular weight is 382 g/mol. The first-order chi connectivity index (χ1) is 12.4. The van der Waals surface area contributed by atoms with Gasteiger partial charge in [0.25, 0.3) is 0 Å². The number of nitrogens with zero attached hydrogens (tertiary/aromatic N) is 3. The predicted octanol–water partition coefficient (Wildman–Crippen LogP) is 4.51.